The van der Waals surface area contributed by atoms with E-state index in [4.69, 9.17) is 20.4 Å². The van der Waals surface area contributed by atoms with Gasteiger partial charge in [-0.2, -0.15) is 0 Å². The third-order valence-corrected chi connectivity index (χ3v) is 3.80. The fraction of sp³-hybridized carbons (Fsp3) is 0.800. The molecule has 0 atom stereocenters. The van der Waals surface area contributed by atoms with Gasteiger partial charge in [-0.25, -0.2) is 8.61 Å². The first-order chi connectivity index (χ1) is 10.4. The van der Waals surface area contributed by atoms with Crippen LogP contribution < -0.4 is 10.2 Å². The van der Waals surface area contributed by atoms with E-state index in [-0.39, 0.29) is 43.5 Å². The summed E-state index contributed by atoms with van der Waals surface area (Å²) in [5.41, 5.74) is 0. The van der Waals surface area contributed by atoms with E-state index < -0.39 is 8.77 Å². The van der Waals surface area contributed by atoms with Crippen molar-refractivity contribution in [2.45, 2.75) is 0 Å². The number of nitrogens with zero attached hydrogens (tertiary/aromatic N) is 2. The summed E-state index contributed by atoms with van der Waals surface area (Å²) >= 11 is 10.3. The molecule has 0 fully saturated rings. The topological polar surface area (TPSA) is 134 Å². The van der Waals surface area contributed by atoms with Crippen molar-refractivity contribution < 1.29 is 47.7 Å². The Morgan fingerprint density at radius 3 is 1.04 bits per heavy atom. The van der Waals surface area contributed by atoms with Gasteiger partial charge in [0.2, 0.25) is 0 Å². The van der Waals surface area contributed by atoms with Crippen molar-refractivity contribution in [3.63, 3.8) is 0 Å². The average molecular weight is 448 g/mol. The second kappa shape index (κ2) is 20.8. The smallest absolute Gasteiger partial charge is 0.859 e. The van der Waals surface area contributed by atoms with Gasteiger partial charge in [0.15, 0.2) is 0 Å². The zero-order valence-electron chi connectivity index (χ0n) is 12.1. The van der Waals surface area contributed by atoms with Crippen molar-refractivity contribution in [1.29, 1.82) is 0 Å². The maximum Gasteiger partial charge on any atom is 2.00 e. The molecule has 0 radical (unpaired) electrons. The van der Waals surface area contributed by atoms with Crippen LogP contribution in [0.3, 0.4) is 0 Å². The van der Waals surface area contributed by atoms with E-state index in [0.29, 0.717) is 26.2 Å². The van der Waals surface area contributed by atoms with Crippen molar-refractivity contribution in [3.8, 4) is 0 Å². The molecule has 4 N–H and O–H groups in total. The van der Waals surface area contributed by atoms with E-state index in [1.54, 1.807) is 0 Å². The Bertz CT molecular complexity index is 267. The van der Waals surface area contributed by atoms with Crippen LogP contribution in [0.5, 0.6) is 0 Å². The van der Waals surface area contributed by atoms with Gasteiger partial charge in [0.05, 0.1) is 26.4 Å². The molecule has 0 aromatic rings. The van der Waals surface area contributed by atoms with Gasteiger partial charge >= 0.3 is 17.1 Å². The number of thiocarbonyl (C=S) groups is 2. The Hall–Kier alpha value is 0.759. The van der Waals surface area contributed by atoms with Crippen molar-refractivity contribution >= 4 is 57.1 Å². The van der Waals surface area contributed by atoms with E-state index in [0.717, 1.165) is 23.9 Å². The quantitative estimate of drug-likeness (QED) is 0.156. The molecule has 0 saturated carbocycles. The van der Waals surface area contributed by atoms with E-state index in [1.807, 2.05) is 0 Å². The molecule has 23 heavy (non-hydrogen) atoms. The van der Waals surface area contributed by atoms with Crippen molar-refractivity contribution in [2.24, 2.45) is 0 Å². The Balaban J connectivity index is -0.000000333. The molecule has 0 aliphatic heterocycles. The van der Waals surface area contributed by atoms with E-state index in [9.17, 15) is 10.2 Å². The first kappa shape index (κ1) is 28.6. The second-order valence-electron chi connectivity index (χ2n) is 3.44. The molecule has 0 heterocycles. The molecule has 0 bridgehead atoms. The monoisotopic (exact) mass is 448 g/mol. The molecule has 0 aliphatic carbocycles. The van der Waals surface area contributed by atoms with Gasteiger partial charge < -0.3 is 30.6 Å². The number of aliphatic hydroxyl groups is 4. The summed E-state index contributed by atoms with van der Waals surface area (Å²) in [7, 11) is 0. The van der Waals surface area contributed by atoms with Gasteiger partial charge in [0, 0.05) is 34.9 Å². The molecule has 0 spiro atoms. The number of hydrogen-bond donors (Lipinski definition) is 4. The molecule has 0 aliphatic rings. The first-order valence-electron chi connectivity index (χ1n) is 6.12. The summed E-state index contributed by atoms with van der Waals surface area (Å²) in [5, 5.41) is 54.7. The van der Waals surface area contributed by atoms with E-state index in [2.05, 4.69) is 24.4 Å². The van der Waals surface area contributed by atoms with Crippen LogP contribution in [0.25, 0.3) is 0 Å². The summed E-state index contributed by atoms with van der Waals surface area (Å²) in [6, 6.07) is 0. The fourth-order valence-electron chi connectivity index (χ4n) is 1.06. The maximum absolute atomic E-state index is 10.4. The van der Waals surface area contributed by atoms with Crippen LogP contribution >= 0.6 is 48.3 Å². The van der Waals surface area contributed by atoms with Crippen LogP contribution in [0.4, 0.5) is 0 Å². The summed E-state index contributed by atoms with van der Waals surface area (Å²) in [4.78, 5) is 0. The molecule has 0 saturated heterocycles. The number of aliphatic hydroxyl groups excluding tert-OH is 4. The molecule has 0 aromatic carbocycles. The first-order valence-corrected chi connectivity index (χ1v) is 8.48. The van der Waals surface area contributed by atoms with Gasteiger partial charge in [-0.05, 0) is 23.9 Å². The minimum Gasteiger partial charge on any atom is -0.859 e. The molecule has 8 nitrogen and oxygen atoms in total. The predicted molar refractivity (Wildman–Crippen MR) is 91.9 cm³/mol. The summed E-state index contributed by atoms with van der Waals surface area (Å²) in [6.45, 7) is 1.18. The summed E-state index contributed by atoms with van der Waals surface area (Å²) in [6.07, 6.45) is 0. The molecule has 0 amide bonds. The Morgan fingerprint density at radius 1 is 0.696 bits per heavy atom. The second-order valence-corrected chi connectivity index (χ2v) is 6.83. The van der Waals surface area contributed by atoms with Crippen molar-refractivity contribution in [2.75, 3.05) is 52.6 Å². The molecule has 13 heteroatoms. The predicted octanol–water partition coefficient (Wildman–Crippen LogP) is -2.87. The third-order valence-electron chi connectivity index (χ3n) is 1.80. The van der Waals surface area contributed by atoms with Crippen LogP contribution in [-0.2, 0) is 17.1 Å². The minimum atomic E-state index is -0.452. The molecular formula is C10H20FeN2O6S4. The van der Waals surface area contributed by atoms with Crippen molar-refractivity contribution in [3.05, 3.63) is 0 Å². The number of hydrogen-bond acceptors (Lipinski definition) is 12. The van der Waals surface area contributed by atoms with Gasteiger partial charge in [-0.1, -0.05) is 24.4 Å². The fourth-order valence-corrected chi connectivity index (χ4v) is 2.81. The maximum atomic E-state index is 10.4. The van der Waals surface area contributed by atoms with Crippen LogP contribution in [0.2, 0.25) is 0 Å². The van der Waals surface area contributed by atoms with Crippen LogP contribution in [0, 0.1) is 0 Å². The largest absolute Gasteiger partial charge is 2.00 e. The van der Waals surface area contributed by atoms with E-state index in [1.165, 1.54) is 8.61 Å². The molecule has 0 aromatic heterocycles. The minimum absolute atomic E-state index is 0. The summed E-state index contributed by atoms with van der Waals surface area (Å²) < 4.78 is 2.14. The van der Waals surface area contributed by atoms with E-state index >= 15 is 0 Å². The SMILES string of the molecule is [Fe+2].[O-]C(=S)SN(CCO)CCO.[O-]C(=S)SN(CCO)CCO. The van der Waals surface area contributed by atoms with Gasteiger partial charge in [-0.3, -0.25) is 0 Å². The molecule has 138 valence electrons. The molecule has 0 unspecified atom stereocenters. The molecule has 0 rings (SSSR count). The average Bonchev–Trinajstić information content (AvgIpc) is 2.39. The van der Waals surface area contributed by atoms with Gasteiger partial charge in [-0.15, -0.1) is 0 Å². The third kappa shape index (κ3) is 22.8. The Morgan fingerprint density at radius 2 is 0.913 bits per heavy atom. The summed E-state index contributed by atoms with van der Waals surface area (Å²) in [5.74, 6) is 0. The normalized spacial score (nSPS) is 10.0. The van der Waals surface area contributed by atoms with Crippen LogP contribution in [0.1, 0.15) is 0 Å². The Kier molecular flexibility index (Phi) is 25.8. The molecular weight excluding hydrogens is 428 g/mol. The van der Waals surface area contributed by atoms with Crippen molar-refractivity contribution in [1.82, 2.24) is 8.61 Å². The Labute approximate surface area is 165 Å². The van der Waals surface area contributed by atoms with Crippen LogP contribution in [0.15, 0.2) is 0 Å². The zero-order valence-corrected chi connectivity index (χ0v) is 16.5. The van der Waals surface area contributed by atoms with Crippen LogP contribution in [-0.4, -0.2) is 90.4 Å². The number of rotatable bonds is 10. The van der Waals surface area contributed by atoms with Gasteiger partial charge in [0.25, 0.3) is 0 Å². The van der Waals surface area contributed by atoms with Gasteiger partial charge in [0.1, 0.15) is 0 Å². The standard InChI is InChI=1S/2C5H11NO3S2.Fe/c2*7-3-1-6(2-4-8)11-5(9)10;/h2*7-8H,1-4H2,(H,9,10);/q;;+2/p-2. The zero-order chi connectivity index (χ0) is 17.4.